The number of rotatable bonds is 6. The van der Waals surface area contributed by atoms with Gasteiger partial charge >= 0.3 is 31.1 Å². The van der Waals surface area contributed by atoms with Crippen LogP contribution in [0.15, 0.2) is 42.7 Å². The van der Waals surface area contributed by atoms with Crippen molar-refractivity contribution in [2.24, 2.45) is 0 Å². The number of halogens is 6. The Morgan fingerprint density at radius 1 is 0.906 bits per heavy atom. The monoisotopic (exact) mass is 507 g/mol. The van der Waals surface area contributed by atoms with Gasteiger partial charge in [0.25, 0.3) is 0 Å². The van der Waals surface area contributed by atoms with Crippen LogP contribution in [-0.4, -0.2) is 40.9 Å². The molecule has 3 rings (SSSR count). The lowest BCUT2D eigenvalue weighted by molar-refractivity contribution is -0.708. The number of fused-ring (bicyclic) bond motifs is 2. The van der Waals surface area contributed by atoms with Gasteiger partial charge in [0.15, 0.2) is 16.9 Å². The van der Waals surface area contributed by atoms with Gasteiger partial charge in [0.05, 0.1) is 0 Å². The molecule has 0 aromatic carbocycles. The van der Waals surface area contributed by atoms with E-state index in [1.54, 1.807) is 0 Å². The van der Waals surface area contributed by atoms with Gasteiger partial charge in [-0.05, 0) is 40.8 Å². The van der Waals surface area contributed by atoms with Crippen LogP contribution in [0.3, 0.4) is 0 Å². The molecule has 32 heavy (non-hydrogen) atoms. The van der Waals surface area contributed by atoms with Crippen molar-refractivity contribution >= 4 is 25.6 Å². The molecule has 16 heteroatoms. The smallest absolute Gasteiger partial charge is 0.201 e. The standard InChI is InChI=1S/C16H17F6N4O4S2/c1-3-14(4-2,25-23-9-5-7-12(23)11-13-8-6-10-24(13)25)26(31(27,28)15(17,18)19)32(29,30)16(20,21)22/h5-11H,3-4H2,1-2H3/q+1. The van der Waals surface area contributed by atoms with Crippen LogP contribution in [0.25, 0.3) is 11.2 Å². The fourth-order valence-electron chi connectivity index (χ4n) is 3.63. The van der Waals surface area contributed by atoms with E-state index in [9.17, 15) is 43.2 Å². The quantitative estimate of drug-likeness (QED) is 0.380. The molecule has 1 aromatic rings. The molecular formula is C16H17F6N4O4S2+. The third-order valence-electron chi connectivity index (χ3n) is 5.09. The Labute approximate surface area is 178 Å². The first-order chi connectivity index (χ1) is 14.6. The van der Waals surface area contributed by atoms with E-state index in [0.717, 1.165) is 27.8 Å². The lowest BCUT2D eigenvalue weighted by Crippen LogP contribution is -2.67. The summed E-state index contributed by atoms with van der Waals surface area (Å²) in [6, 6.07) is 7.32. The normalized spacial score (nSPS) is 14.7. The zero-order valence-corrected chi connectivity index (χ0v) is 18.1. The van der Waals surface area contributed by atoms with Crippen LogP contribution in [0, 0.1) is 0 Å². The highest BCUT2D eigenvalue weighted by molar-refractivity contribution is 8.04. The van der Waals surface area contributed by atoms with E-state index in [1.165, 1.54) is 42.7 Å². The Kier molecular flexibility index (Phi) is 5.58. The molecule has 0 saturated carbocycles. The zero-order valence-electron chi connectivity index (χ0n) is 16.5. The highest BCUT2D eigenvalue weighted by atomic mass is 32.3. The van der Waals surface area contributed by atoms with Crippen LogP contribution in [0.4, 0.5) is 26.3 Å². The summed E-state index contributed by atoms with van der Waals surface area (Å²) in [5, 5.41) is 0. The van der Waals surface area contributed by atoms with Crippen molar-refractivity contribution in [3.05, 3.63) is 42.7 Å². The van der Waals surface area contributed by atoms with Gasteiger partial charge in [0, 0.05) is 6.07 Å². The van der Waals surface area contributed by atoms with Crippen LogP contribution < -0.4 is 4.68 Å². The third-order valence-corrected chi connectivity index (χ3v) is 8.99. The fourth-order valence-corrected chi connectivity index (χ4v) is 7.10. The molecule has 1 aromatic heterocycles. The van der Waals surface area contributed by atoms with Crippen LogP contribution >= 0.6 is 0 Å². The number of hydrogen-bond acceptors (Lipinski definition) is 4. The molecule has 0 unspecified atom stereocenters. The van der Waals surface area contributed by atoms with Crippen molar-refractivity contribution in [3.8, 4) is 5.69 Å². The Bertz CT molecular complexity index is 1280. The van der Waals surface area contributed by atoms with E-state index in [0.29, 0.717) is 0 Å². The second-order valence-corrected chi connectivity index (χ2v) is 10.6. The van der Waals surface area contributed by atoms with E-state index in [4.69, 9.17) is 0 Å². The maximum absolute atomic E-state index is 13.5. The van der Waals surface area contributed by atoms with Crippen LogP contribution in [-0.2, 0) is 25.7 Å². The molecule has 0 amide bonds. The minimum Gasteiger partial charge on any atom is -0.201 e. The van der Waals surface area contributed by atoms with E-state index in [2.05, 4.69) is 0 Å². The van der Waals surface area contributed by atoms with Crippen molar-refractivity contribution in [2.45, 2.75) is 43.4 Å². The van der Waals surface area contributed by atoms with E-state index in [1.807, 2.05) is 0 Å². The molecule has 0 atom stereocenters. The minimum absolute atomic E-state index is 0.274. The number of aromatic nitrogens is 3. The van der Waals surface area contributed by atoms with Crippen molar-refractivity contribution in [1.82, 2.24) is 13.0 Å². The summed E-state index contributed by atoms with van der Waals surface area (Å²) in [4.78, 5) is 0.768. The van der Waals surface area contributed by atoms with Gasteiger partial charge in [-0.15, -0.1) is 9.20 Å². The lowest BCUT2D eigenvalue weighted by Gasteiger charge is -2.40. The first kappa shape index (κ1) is 24.3. The van der Waals surface area contributed by atoms with Crippen LogP contribution in [0.2, 0.25) is 0 Å². The van der Waals surface area contributed by atoms with Gasteiger partial charge in [-0.2, -0.15) is 26.3 Å². The SMILES string of the molecule is CCC(CC)(N(S(=O)(=O)C(F)(F)F)S(=O)(=O)C(F)(F)F)n1n2cccc2cc2ccc[n+]1-2. The minimum atomic E-state index is -7.03. The number of nitrogens with zero attached hydrogens (tertiary/aromatic N) is 4. The van der Waals surface area contributed by atoms with E-state index >= 15 is 0 Å². The lowest BCUT2D eigenvalue weighted by atomic mass is 10.1. The molecule has 0 aliphatic carbocycles. The predicted molar refractivity (Wildman–Crippen MR) is 98.4 cm³/mol. The molecule has 0 bridgehead atoms. The molecule has 0 fully saturated rings. The summed E-state index contributed by atoms with van der Waals surface area (Å²) >= 11 is 0. The molecule has 8 nitrogen and oxygen atoms in total. The average molecular weight is 507 g/mol. The number of sulfonamides is 2. The van der Waals surface area contributed by atoms with Gasteiger partial charge in [0.1, 0.15) is 12.4 Å². The maximum atomic E-state index is 13.5. The first-order valence-electron chi connectivity index (χ1n) is 8.99. The average Bonchev–Trinajstić information content (AvgIpc) is 3.30. The molecule has 0 saturated heterocycles. The molecule has 0 spiro atoms. The molecule has 2 aliphatic heterocycles. The Morgan fingerprint density at radius 2 is 1.44 bits per heavy atom. The summed E-state index contributed by atoms with van der Waals surface area (Å²) in [6.07, 6.45) is 0.994. The summed E-state index contributed by atoms with van der Waals surface area (Å²) < 4.78 is 132. The summed E-state index contributed by atoms with van der Waals surface area (Å²) in [6.45, 7) is 2.19. The van der Waals surface area contributed by atoms with Crippen molar-refractivity contribution in [1.29, 1.82) is 0 Å². The van der Waals surface area contributed by atoms with Crippen LogP contribution in [0.1, 0.15) is 26.7 Å². The largest absolute Gasteiger partial charge is 0.512 e. The van der Waals surface area contributed by atoms with Crippen LogP contribution in [0.5, 0.6) is 0 Å². The second-order valence-electron chi connectivity index (χ2n) is 6.78. The van der Waals surface area contributed by atoms with Gasteiger partial charge in [-0.3, -0.25) is 0 Å². The van der Waals surface area contributed by atoms with E-state index < -0.39 is 53.3 Å². The predicted octanol–water partition coefficient (Wildman–Crippen LogP) is 2.93. The zero-order chi connectivity index (χ0) is 24.3. The van der Waals surface area contributed by atoms with Gasteiger partial charge < -0.3 is 0 Å². The van der Waals surface area contributed by atoms with Crippen molar-refractivity contribution in [3.63, 3.8) is 0 Å². The Hall–Kier alpha value is -2.33. The molecule has 0 N–H and O–H groups in total. The third kappa shape index (κ3) is 3.26. The summed E-state index contributed by atoms with van der Waals surface area (Å²) in [7, 11) is -14.1. The van der Waals surface area contributed by atoms with E-state index in [-0.39, 0.29) is 11.2 Å². The Balaban J connectivity index is 2.57. The molecule has 0 radical (unpaired) electrons. The molecule has 3 heterocycles. The molecule has 178 valence electrons. The summed E-state index contributed by atoms with van der Waals surface area (Å²) in [5.41, 5.74) is -15.0. The second kappa shape index (κ2) is 7.34. The highest BCUT2D eigenvalue weighted by Gasteiger charge is 2.69. The number of hydrogen-bond donors (Lipinski definition) is 0. The van der Waals surface area contributed by atoms with Crippen molar-refractivity contribution in [2.75, 3.05) is 0 Å². The molecule has 2 aliphatic rings. The first-order valence-corrected chi connectivity index (χ1v) is 11.9. The maximum Gasteiger partial charge on any atom is 0.512 e. The topological polar surface area (TPSA) is 84.7 Å². The van der Waals surface area contributed by atoms with Gasteiger partial charge in [0.2, 0.25) is 0 Å². The van der Waals surface area contributed by atoms with Crippen molar-refractivity contribution < 1.29 is 47.9 Å². The Morgan fingerprint density at radius 3 is 1.91 bits per heavy atom. The number of alkyl halides is 6. The highest BCUT2D eigenvalue weighted by Crippen LogP contribution is 2.44. The summed E-state index contributed by atoms with van der Waals surface area (Å²) in [5.74, 6) is 0. The van der Waals surface area contributed by atoms with Gasteiger partial charge in [-0.25, -0.2) is 16.8 Å². The molecular weight excluding hydrogens is 490 g/mol. The fraction of sp³-hybridized carbons (Fsp3) is 0.438. The van der Waals surface area contributed by atoms with Gasteiger partial charge in [-0.1, -0.05) is 18.6 Å².